The van der Waals surface area contributed by atoms with E-state index in [1.807, 2.05) is 54.6 Å². The van der Waals surface area contributed by atoms with Crippen LogP contribution in [0.2, 0.25) is 0 Å². The van der Waals surface area contributed by atoms with Gasteiger partial charge in [0.05, 0.1) is 18.2 Å². The van der Waals surface area contributed by atoms with Crippen LogP contribution in [0.1, 0.15) is 30.2 Å². The minimum atomic E-state index is -0.521. The smallest absolute Gasteiger partial charge is 0.344 e. The fourth-order valence-corrected chi connectivity index (χ4v) is 3.77. The van der Waals surface area contributed by atoms with Crippen molar-refractivity contribution in [1.29, 1.82) is 0 Å². The third kappa shape index (κ3) is 4.65. The molecule has 32 heavy (non-hydrogen) atoms. The summed E-state index contributed by atoms with van der Waals surface area (Å²) in [4.78, 5) is 27.9. The van der Waals surface area contributed by atoms with Gasteiger partial charge >= 0.3 is 5.63 Å². The van der Waals surface area contributed by atoms with Crippen LogP contribution < -0.4 is 10.9 Å². The standard InChI is InChI=1S/C26H26N2O4/c1-18(2)28(17-20-11-8-16-31-20)15-14-27-25(29)24-23(19-9-4-3-5-10-19)21-12-6-7-13-22(21)26(30)32-24/h3-13,16,18H,14-15,17H2,1-2H3,(H,27,29). The van der Waals surface area contributed by atoms with Crippen LogP contribution >= 0.6 is 0 Å². The summed E-state index contributed by atoms with van der Waals surface area (Å²) in [5, 5.41) is 4.07. The molecule has 0 radical (unpaired) electrons. The Morgan fingerprint density at radius 2 is 1.69 bits per heavy atom. The second-order valence-corrected chi connectivity index (χ2v) is 7.90. The van der Waals surface area contributed by atoms with E-state index in [-0.39, 0.29) is 11.8 Å². The Bertz CT molecular complexity index is 1240. The fraction of sp³-hybridized carbons (Fsp3) is 0.231. The maximum Gasteiger partial charge on any atom is 0.344 e. The summed E-state index contributed by atoms with van der Waals surface area (Å²) in [6.45, 7) is 5.88. The van der Waals surface area contributed by atoms with Crippen LogP contribution in [0.3, 0.4) is 0 Å². The number of amides is 1. The van der Waals surface area contributed by atoms with Crippen LogP contribution in [0.15, 0.2) is 86.6 Å². The van der Waals surface area contributed by atoms with Crippen molar-refractivity contribution in [3.05, 3.63) is 94.9 Å². The molecule has 0 atom stereocenters. The summed E-state index contributed by atoms with van der Waals surface area (Å²) < 4.78 is 11.0. The predicted octanol–water partition coefficient (Wildman–Crippen LogP) is 4.69. The van der Waals surface area contributed by atoms with Crippen molar-refractivity contribution in [2.75, 3.05) is 13.1 Å². The summed E-state index contributed by atoms with van der Waals surface area (Å²) in [7, 11) is 0. The van der Waals surface area contributed by atoms with Gasteiger partial charge in [0.2, 0.25) is 5.76 Å². The second-order valence-electron chi connectivity index (χ2n) is 7.90. The molecule has 1 N–H and O–H groups in total. The highest BCUT2D eigenvalue weighted by Crippen LogP contribution is 2.30. The van der Waals surface area contributed by atoms with Crippen LogP contribution in [0.4, 0.5) is 0 Å². The van der Waals surface area contributed by atoms with Crippen molar-refractivity contribution in [2.24, 2.45) is 0 Å². The van der Waals surface area contributed by atoms with E-state index in [4.69, 9.17) is 8.83 Å². The van der Waals surface area contributed by atoms with Crippen LogP contribution in [-0.4, -0.2) is 29.9 Å². The van der Waals surface area contributed by atoms with Gasteiger partial charge in [-0.3, -0.25) is 9.69 Å². The first kappa shape index (κ1) is 21.6. The maximum atomic E-state index is 13.1. The number of hydrogen-bond donors (Lipinski definition) is 1. The third-order valence-corrected chi connectivity index (χ3v) is 5.46. The van der Waals surface area contributed by atoms with E-state index in [2.05, 4.69) is 24.1 Å². The van der Waals surface area contributed by atoms with Crippen molar-refractivity contribution in [2.45, 2.75) is 26.4 Å². The van der Waals surface area contributed by atoms with Crippen molar-refractivity contribution in [3.63, 3.8) is 0 Å². The van der Waals surface area contributed by atoms with Gasteiger partial charge in [-0.2, -0.15) is 0 Å². The molecule has 0 aliphatic rings. The molecule has 6 nitrogen and oxygen atoms in total. The zero-order valence-corrected chi connectivity index (χ0v) is 18.2. The van der Waals surface area contributed by atoms with Crippen molar-refractivity contribution in [3.8, 4) is 11.1 Å². The molecule has 6 heteroatoms. The molecule has 0 saturated heterocycles. The average Bonchev–Trinajstić information content (AvgIpc) is 3.32. The number of rotatable bonds is 8. The maximum absolute atomic E-state index is 13.1. The van der Waals surface area contributed by atoms with Gasteiger partial charge < -0.3 is 14.2 Å². The average molecular weight is 431 g/mol. The van der Waals surface area contributed by atoms with E-state index >= 15 is 0 Å². The number of fused-ring (bicyclic) bond motifs is 1. The largest absolute Gasteiger partial charge is 0.468 e. The summed E-state index contributed by atoms with van der Waals surface area (Å²) in [6.07, 6.45) is 1.66. The van der Waals surface area contributed by atoms with E-state index in [1.54, 1.807) is 18.4 Å². The van der Waals surface area contributed by atoms with Gasteiger partial charge in [0.15, 0.2) is 0 Å². The van der Waals surface area contributed by atoms with E-state index in [9.17, 15) is 9.59 Å². The lowest BCUT2D eigenvalue weighted by molar-refractivity contribution is 0.0913. The number of benzene rings is 2. The monoisotopic (exact) mass is 430 g/mol. The Morgan fingerprint density at radius 1 is 0.969 bits per heavy atom. The van der Waals surface area contributed by atoms with Crippen molar-refractivity contribution < 1.29 is 13.6 Å². The molecule has 0 fully saturated rings. The zero-order chi connectivity index (χ0) is 22.5. The lowest BCUT2D eigenvalue weighted by Gasteiger charge is -2.25. The van der Waals surface area contributed by atoms with Gasteiger partial charge in [-0.05, 0) is 37.6 Å². The number of furan rings is 1. The van der Waals surface area contributed by atoms with Gasteiger partial charge in [0.1, 0.15) is 5.76 Å². The molecule has 2 heterocycles. The molecular weight excluding hydrogens is 404 g/mol. The van der Waals surface area contributed by atoms with E-state index in [1.165, 1.54) is 0 Å². The summed E-state index contributed by atoms with van der Waals surface area (Å²) in [6, 6.07) is 20.8. The number of carbonyl (C=O) groups is 1. The molecule has 0 bridgehead atoms. The Labute approximate surface area is 186 Å². The Hall–Kier alpha value is -3.64. The van der Waals surface area contributed by atoms with Gasteiger partial charge in [0.25, 0.3) is 5.91 Å². The Morgan fingerprint density at radius 3 is 2.38 bits per heavy atom. The first-order chi connectivity index (χ1) is 15.5. The van der Waals surface area contributed by atoms with Gasteiger partial charge in [0, 0.05) is 30.1 Å². The van der Waals surface area contributed by atoms with Crippen molar-refractivity contribution in [1.82, 2.24) is 10.2 Å². The minimum Gasteiger partial charge on any atom is -0.468 e. The molecule has 164 valence electrons. The summed E-state index contributed by atoms with van der Waals surface area (Å²) in [5.41, 5.74) is 0.917. The second kappa shape index (κ2) is 9.66. The first-order valence-electron chi connectivity index (χ1n) is 10.7. The van der Waals surface area contributed by atoms with Gasteiger partial charge in [-0.15, -0.1) is 0 Å². The fourth-order valence-electron chi connectivity index (χ4n) is 3.77. The SMILES string of the molecule is CC(C)N(CCNC(=O)c1oc(=O)c2ccccc2c1-c1ccccc1)Cc1ccco1. The quantitative estimate of drug-likeness (QED) is 0.439. The van der Waals surface area contributed by atoms with Crippen LogP contribution in [0, 0.1) is 0 Å². The van der Waals surface area contributed by atoms with Gasteiger partial charge in [-0.25, -0.2) is 4.79 Å². The summed E-state index contributed by atoms with van der Waals surface area (Å²) in [5.74, 6) is 0.493. The predicted molar refractivity (Wildman–Crippen MR) is 125 cm³/mol. The van der Waals surface area contributed by atoms with E-state index in [0.717, 1.165) is 11.3 Å². The summed E-state index contributed by atoms with van der Waals surface area (Å²) >= 11 is 0. The normalized spacial score (nSPS) is 11.4. The highest BCUT2D eigenvalue weighted by molar-refractivity contribution is 6.07. The molecule has 0 unspecified atom stereocenters. The van der Waals surface area contributed by atoms with Crippen LogP contribution in [0.25, 0.3) is 21.9 Å². The zero-order valence-electron chi connectivity index (χ0n) is 18.2. The van der Waals surface area contributed by atoms with Gasteiger partial charge in [-0.1, -0.05) is 48.5 Å². The first-order valence-corrected chi connectivity index (χ1v) is 10.7. The Kier molecular flexibility index (Phi) is 6.52. The number of hydrogen-bond acceptors (Lipinski definition) is 5. The molecule has 2 aromatic heterocycles. The molecule has 4 rings (SSSR count). The number of nitrogens with zero attached hydrogens (tertiary/aromatic N) is 1. The number of carbonyl (C=O) groups excluding carboxylic acids is 1. The van der Waals surface area contributed by atoms with E-state index in [0.29, 0.717) is 36.0 Å². The molecule has 0 spiro atoms. The molecular formula is C26H26N2O4. The lowest BCUT2D eigenvalue weighted by Crippen LogP contribution is -2.38. The highest BCUT2D eigenvalue weighted by Gasteiger charge is 2.21. The molecule has 4 aromatic rings. The highest BCUT2D eigenvalue weighted by atomic mass is 16.4. The molecule has 0 aliphatic heterocycles. The minimum absolute atomic E-state index is 0.0297. The Balaban J connectivity index is 1.59. The number of nitrogens with one attached hydrogen (secondary N) is 1. The van der Waals surface area contributed by atoms with Crippen LogP contribution in [0.5, 0.6) is 0 Å². The molecule has 0 aliphatic carbocycles. The topological polar surface area (TPSA) is 75.7 Å². The van der Waals surface area contributed by atoms with Crippen LogP contribution in [-0.2, 0) is 6.54 Å². The molecule has 2 aromatic carbocycles. The molecule has 0 saturated carbocycles. The molecule has 1 amide bonds. The lowest BCUT2D eigenvalue weighted by atomic mass is 9.98. The van der Waals surface area contributed by atoms with Crippen molar-refractivity contribution >= 4 is 16.7 Å². The third-order valence-electron chi connectivity index (χ3n) is 5.46. The van der Waals surface area contributed by atoms with E-state index < -0.39 is 11.5 Å².